The van der Waals surface area contributed by atoms with Gasteiger partial charge in [-0.3, -0.25) is 4.79 Å². The quantitative estimate of drug-likeness (QED) is 0.186. The highest BCUT2D eigenvalue weighted by atomic mass is 28.4. The van der Waals surface area contributed by atoms with Gasteiger partial charge in [0.1, 0.15) is 0 Å². The van der Waals surface area contributed by atoms with E-state index in [2.05, 4.69) is 82.4 Å². The van der Waals surface area contributed by atoms with Crippen LogP contribution in [-0.2, 0) is 15.6 Å². The van der Waals surface area contributed by atoms with Crippen molar-refractivity contribution in [2.45, 2.75) is 102 Å². The average molecular weight is 473 g/mol. The summed E-state index contributed by atoms with van der Waals surface area (Å²) in [4.78, 5) is 10.6. The molecule has 0 saturated carbocycles. The molecule has 0 spiro atoms. The summed E-state index contributed by atoms with van der Waals surface area (Å²) in [5.41, 5.74) is 2.65. The van der Waals surface area contributed by atoms with Gasteiger partial charge in [0.05, 0.1) is 6.10 Å². The van der Waals surface area contributed by atoms with E-state index >= 15 is 0 Å². The Bertz CT molecular complexity index is 792. The van der Waals surface area contributed by atoms with Crippen LogP contribution in [0.3, 0.4) is 0 Å². The fraction of sp³-hybridized carbons (Fsp3) is 0.607. The summed E-state index contributed by atoms with van der Waals surface area (Å²) in [6.07, 6.45) is 12.2. The van der Waals surface area contributed by atoms with Gasteiger partial charge in [-0.1, -0.05) is 74.9 Å². The summed E-state index contributed by atoms with van der Waals surface area (Å²) >= 11 is 0. The molecule has 0 heterocycles. The molecule has 3 atom stereocenters. The Morgan fingerprint density at radius 2 is 1.91 bits per heavy atom. The molecule has 4 nitrogen and oxygen atoms in total. The molecule has 2 unspecified atom stereocenters. The lowest BCUT2D eigenvalue weighted by Gasteiger charge is -2.39. The van der Waals surface area contributed by atoms with E-state index in [-0.39, 0.29) is 29.6 Å². The number of rotatable bonds is 13. The first-order valence-corrected chi connectivity index (χ1v) is 15.4. The topological polar surface area (TPSA) is 66.8 Å². The first-order chi connectivity index (χ1) is 15.5. The van der Waals surface area contributed by atoms with Crippen molar-refractivity contribution in [3.63, 3.8) is 0 Å². The molecule has 1 aromatic rings. The first kappa shape index (κ1) is 27.6. The van der Waals surface area contributed by atoms with Crippen LogP contribution in [0.5, 0.6) is 0 Å². The van der Waals surface area contributed by atoms with Gasteiger partial charge in [-0.05, 0) is 68.6 Å². The van der Waals surface area contributed by atoms with Crippen molar-refractivity contribution < 1.29 is 19.4 Å². The second-order valence-electron chi connectivity index (χ2n) is 10.9. The molecule has 2 N–H and O–H groups in total. The Labute approximate surface area is 201 Å². The first-order valence-electron chi connectivity index (χ1n) is 12.4. The van der Waals surface area contributed by atoms with Crippen LogP contribution in [-0.4, -0.2) is 36.7 Å². The average Bonchev–Trinajstić information content (AvgIpc) is 3.08. The van der Waals surface area contributed by atoms with Crippen LogP contribution in [0.15, 0.2) is 54.1 Å². The molecule has 0 bridgehead atoms. The summed E-state index contributed by atoms with van der Waals surface area (Å²) in [6.45, 7) is 11.5. The van der Waals surface area contributed by atoms with Gasteiger partial charge in [0.25, 0.3) is 0 Å². The molecule has 5 heteroatoms. The molecule has 0 fully saturated rings. The maximum atomic E-state index is 10.6. The Hall–Kier alpha value is -1.69. The second kappa shape index (κ2) is 12.7. The van der Waals surface area contributed by atoms with E-state index in [1.165, 1.54) is 11.1 Å². The number of unbranched alkanes of at least 4 members (excludes halogenated alkanes) is 1. The summed E-state index contributed by atoms with van der Waals surface area (Å²) in [7, 11) is -1.89. The molecule has 33 heavy (non-hydrogen) atoms. The predicted octanol–water partition coefficient (Wildman–Crippen LogP) is 6.91. The number of aliphatic hydroxyl groups is 1. The van der Waals surface area contributed by atoms with Crippen LogP contribution < -0.4 is 0 Å². The monoisotopic (exact) mass is 472 g/mol. The van der Waals surface area contributed by atoms with Gasteiger partial charge in [0.2, 0.25) is 0 Å². The van der Waals surface area contributed by atoms with Gasteiger partial charge < -0.3 is 14.6 Å². The maximum absolute atomic E-state index is 10.6. The van der Waals surface area contributed by atoms with E-state index in [1.807, 2.05) is 0 Å². The number of hydrogen-bond donors (Lipinski definition) is 2. The van der Waals surface area contributed by atoms with Crippen LogP contribution in [0.25, 0.3) is 0 Å². The van der Waals surface area contributed by atoms with E-state index < -0.39 is 14.3 Å². The van der Waals surface area contributed by atoms with Crippen molar-refractivity contribution in [1.29, 1.82) is 0 Å². The molecule has 0 radical (unpaired) electrons. The number of benzene rings is 1. The molecule has 184 valence electrons. The van der Waals surface area contributed by atoms with Gasteiger partial charge in [-0.15, -0.1) is 0 Å². The van der Waals surface area contributed by atoms with Crippen LogP contribution in [0.4, 0.5) is 0 Å². The van der Waals surface area contributed by atoms with Gasteiger partial charge >= 0.3 is 5.97 Å². The Balaban J connectivity index is 1.98. The SMILES string of the molecule is CC(C)(C)[Si](C)(C)OC(CCC1=CCC(O)[C@@H]1C/C=C\CCCC(=O)O)Cc1ccccc1. The highest BCUT2D eigenvalue weighted by Gasteiger charge is 2.39. The Morgan fingerprint density at radius 3 is 2.55 bits per heavy atom. The second-order valence-corrected chi connectivity index (χ2v) is 15.7. The smallest absolute Gasteiger partial charge is 0.303 e. The normalized spacial score (nSPS) is 20.2. The number of allylic oxidation sites excluding steroid dienone is 2. The summed E-state index contributed by atoms with van der Waals surface area (Å²) in [5, 5.41) is 19.5. The highest BCUT2D eigenvalue weighted by Crippen LogP contribution is 2.39. The van der Waals surface area contributed by atoms with Gasteiger partial charge in [-0.25, -0.2) is 0 Å². The van der Waals surface area contributed by atoms with Gasteiger partial charge in [0, 0.05) is 18.4 Å². The Kier molecular flexibility index (Phi) is 10.6. The summed E-state index contributed by atoms with van der Waals surface area (Å²) in [5.74, 6) is -0.587. The Morgan fingerprint density at radius 1 is 1.21 bits per heavy atom. The molecule has 0 saturated heterocycles. The van der Waals surface area contributed by atoms with Gasteiger partial charge in [0.15, 0.2) is 8.32 Å². The molecule has 1 aliphatic carbocycles. The molecule has 0 aliphatic heterocycles. The number of carbonyl (C=O) groups is 1. The van der Waals surface area contributed by atoms with E-state index in [0.717, 1.165) is 38.5 Å². The molecular formula is C28H44O4Si. The van der Waals surface area contributed by atoms with Crippen molar-refractivity contribution >= 4 is 14.3 Å². The standard InChI is InChI=1S/C28H44O4Si/c1-28(2,3)33(4,5)32-24(21-22-13-9-8-10-14-22)19-17-23-18-20-26(29)25(23)15-11-6-7-12-16-27(30)31/h6,8-11,13-14,18,24-26,29H,7,12,15-17,19-21H2,1-5H3,(H,30,31)/b11-6-/t24?,25-,26?/m1/s1. The molecule has 2 rings (SSSR count). The van der Waals surface area contributed by atoms with Crippen LogP contribution in [0, 0.1) is 5.92 Å². The zero-order valence-electron chi connectivity index (χ0n) is 21.2. The third-order valence-corrected chi connectivity index (χ3v) is 11.7. The van der Waals surface area contributed by atoms with Crippen LogP contribution in [0.2, 0.25) is 18.1 Å². The molecule has 1 aromatic carbocycles. The van der Waals surface area contributed by atoms with E-state index in [9.17, 15) is 9.90 Å². The van der Waals surface area contributed by atoms with E-state index in [1.54, 1.807) is 0 Å². The lowest BCUT2D eigenvalue weighted by Crippen LogP contribution is -2.44. The van der Waals surface area contributed by atoms with Crippen molar-refractivity contribution in [1.82, 2.24) is 0 Å². The number of aliphatic hydroxyl groups excluding tert-OH is 1. The van der Waals surface area contributed by atoms with Gasteiger partial charge in [-0.2, -0.15) is 0 Å². The van der Waals surface area contributed by atoms with Crippen LogP contribution >= 0.6 is 0 Å². The largest absolute Gasteiger partial charge is 0.481 e. The minimum Gasteiger partial charge on any atom is -0.481 e. The van der Waals surface area contributed by atoms with Crippen LogP contribution in [0.1, 0.15) is 71.3 Å². The molecular weight excluding hydrogens is 428 g/mol. The number of carboxylic acids is 1. The fourth-order valence-corrected chi connectivity index (χ4v) is 5.55. The van der Waals surface area contributed by atoms with Crippen molar-refractivity contribution in [2.24, 2.45) is 5.92 Å². The molecule has 0 aromatic heterocycles. The van der Waals surface area contributed by atoms with E-state index in [4.69, 9.17) is 9.53 Å². The summed E-state index contributed by atoms with van der Waals surface area (Å²) in [6, 6.07) is 10.6. The highest BCUT2D eigenvalue weighted by molar-refractivity contribution is 6.74. The third kappa shape index (κ3) is 9.23. The van der Waals surface area contributed by atoms with Crippen molar-refractivity contribution in [3.8, 4) is 0 Å². The number of aliphatic carboxylic acids is 1. The van der Waals surface area contributed by atoms with E-state index in [0.29, 0.717) is 6.42 Å². The lowest BCUT2D eigenvalue weighted by atomic mass is 9.90. The zero-order valence-corrected chi connectivity index (χ0v) is 22.2. The fourth-order valence-electron chi connectivity index (χ4n) is 4.16. The maximum Gasteiger partial charge on any atom is 0.303 e. The zero-order chi connectivity index (χ0) is 24.5. The van der Waals surface area contributed by atoms with Crippen molar-refractivity contribution in [3.05, 3.63) is 59.7 Å². The minimum atomic E-state index is -1.89. The third-order valence-electron chi connectivity index (χ3n) is 7.21. The predicted molar refractivity (Wildman–Crippen MR) is 139 cm³/mol. The number of hydrogen-bond acceptors (Lipinski definition) is 3. The molecule has 0 amide bonds. The summed E-state index contributed by atoms with van der Waals surface area (Å²) < 4.78 is 6.86. The number of carboxylic acid groups (broad SMARTS) is 1. The molecule has 1 aliphatic rings. The van der Waals surface area contributed by atoms with Crippen molar-refractivity contribution in [2.75, 3.05) is 0 Å². The lowest BCUT2D eigenvalue weighted by molar-refractivity contribution is -0.137. The minimum absolute atomic E-state index is 0.158.